The van der Waals surface area contributed by atoms with Gasteiger partial charge in [0.05, 0.1) is 27.8 Å². The average Bonchev–Trinajstić information content (AvgIpc) is 3.34. The summed E-state index contributed by atoms with van der Waals surface area (Å²) in [5, 5.41) is 24.0. The summed E-state index contributed by atoms with van der Waals surface area (Å²) in [6.07, 6.45) is 1.36. The highest BCUT2D eigenvalue weighted by atomic mass is 32.1. The number of carboxylic acid groups (broad SMARTS) is 1. The third-order valence-electron chi connectivity index (χ3n) is 4.62. The van der Waals surface area contributed by atoms with E-state index >= 15 is 0 Å². The van der Waals surface area contributed by atoms with Gasteiger partial charge >= 0.3 is 5.97 Å². The molecule has 9 heteroatoms. The topological polar surface area (TPSA) is 99.8 Å². The number of benzene rings is 2. The number of rotatable bonds is 4. The number of carbonyl (C=O) groups is 2. The molecule has 152 valence electrons. The molecule has 0 saturated heterocycles. The number of furan rings is 1. The van der Waals surface area contributed by atoms with Crippen LogP contribution in [0.2, 0.25) is 0 Å². The summed E-state index contributed by atoms with van der Waals surface area (Å²) in [5.41, 5.74) is -0.323. The number of carbonyl (C=O) groups excluding carboxylic acids is 1. The van der Waals surface area contributed by atoms with Gasteiger partial charge in [0, 0.05) is 10.9 Å². The number of carboxylic acids is 1. The Bertz CT molecular complexity index is 1320. The predicted octanol–water partition coefficient (Wildman–Crippen LogP) is 5.40. The van der Waals surface area contributed by atoms with Gasteiger partial charge in [-0.25, -0.2) is 13.6 Å². The number of aromatic carboxylic acids is 1. The summed E-state index contributed by atoms with van der Waals surface area (Å²) in [7, 11) is 0. The largest absolute Gasteiger partial charge is 0.506 e. The van der Waals surface area contributed by atoms with E-state index in [2.05, 4.69) is 5.32 Å². The minimum Gasteiger partial charge on any atom is -0.506 e. The van der Waals surface area contributed by atoms with Crippen LogP contribution in [0.25, 0.3) is 21.4 Å². The molecular weight excluding hydrogens is 416 g/mol. The number of halogens is 2. The Kier molecular flexibility index (Phi) is 4.75. The molecule has 4 aromatic rings. The van der Waals surface area contributed by atoms with Crippen molar-refractivity contribution in [3.05, 3.63) is 70.3 Å². The first-order chi connectivity index (χ1) is 14.3. The fraction of sp³-hybridized carbons (Fsp3) is 0.0476. The van der Waals surface area contributed by atoms with Crippen LogP contribution in [-0.2, 0) is 0 Å². The average molecular weight is 429 g/mol. The molecule has 2 aromatic heterocycles. The van der Waals surface area contributed by atoms with Gasteiger partial charge in [0.2, 0.25) is 0 Å². The lowest BCUT2D eigenvalue weighted by atomic mass is 10.1. The van der Waals surface area contributed by atoms with Gasteiger partial charge in [-0.15, -0.1) is 11.3 Å². The molecule has 3 N–H and O–H groups in total. The summed E-state index contributed by atoms with van der Waals surface area (Å²) in [4.78, 5) is 24.5. The van der Waals surface area contributed by atoms with E-state index in [0.717, 1.165) is 11.3 Å². The lowest BCUT2D eigenvalue weighted by molar-refractivity contribution is 0.0699. The lowest BCUT2D eigenvalue weighted by Crippen LogP contribution is -2.14. The molecule has 0 atom stereocenters. The van der Waals surface area contributed by atoms with E-state index in [0.29, 0.717) is 11.0 Å². The summed E-state index contributed by atoms with van der Waals surface area (Å²) >= 11 is 0.852. The maximum Gasteiger partial charge on any atom is 0.339 e. The highest BCUT2D eigenvalue weighted by Crippen LogP contribution is 2.39. The molecule has 2 aromatic carbocycles. The molecule has 1 amide bonds. The number of phenols is 1. The van der Waals surface area contributed by atoms with Gasteiger partial charge in [0.15, 0.2) is 11.6 Å². The van der Waals surface area contributed by atoms with Crippen molar-refractivity contribution in [2.75, 3.05) is 5.32 Å². The number of phenolic OH excluding ortho intramolecular Hbond substituents is 1. The minimum absolute atomic E-state index is 0.0382. The van der Waals surface area contributed by atoms with Crippen molar-refractivity contribution in [3.63, 3.8) is 0 Å². The van der Waals surface area contributed by atoms with Crippen LogP contribution in [0.15, 0.2) is 46.4 Å². The summed E-state index contributed by atoms with van der Waals surface area (Å²) in [5.74, 6) is -4.74. The smallest absolute Gasteiger partial charge is 0.339 e. The van der Waals surface area contributed by atoms with Crippen molar-refractivity contribution >= 4 is 39.9 Å². The Morgan fingerprint density at radius 1 is 1.10 bits per heavy atom. The SMILES string of the molecule is Cc1ccc(-c2scc(NC(=O)c3ccc4occc4c3O)c2C(=O)O)c(F)c1F. The number of amides is 1. The van der Waals surface area contributed by atoms with E-state index in [1.807, 2.05) is 0 Å². The number of aryl methyl sites for hydroxylation is 1. The van der Waals surface area contributed by atoms with Crippen LogP contribution < -0.4 is 5.32 Å². The highest BCUT2D eigenvalue weighted by Gasteiger charge is 2.25. The molecule has 0 saturated carbocycles. The van der Waals surface area contributed by atoms with Crippen molar-refractivity contribution < 1.29 is 33.0 Å². The zero-order valence-electron chi connectivity index (χ0n) is 15.3. The van der Waals surface area contributed by atoms with Gasteiger partial charge < -0.3 is 19.9 Å². The quantitative estimate of drug-likeness (QED) is 0.403. The summed E-state index contributed by atoms with van der Waals surface area (Å²) in [6, 6.07) is 6.94. The van der Waals surface area contributed by atoms with Gasteiger partial charge in [-0.3, -0.25) is 4.79 Å². The predicted molar refractivity (Wildman–Crippen MR) is 107 cm³/mol. The van der Waals surface area contributed by atoms with Gasteiger partial charge in [0.1, 0.15) is 16.9 Å². The number of hydrogen-bond donors (Lipinski definition) is 3. The standard InChI is InChI=1S/C21H13F2NO5S/c1-9-2-3-11(17(23)16(9)22)19-15(21(27)28)13(8-30-19)24-20(26)12-4-5-14-10(18(12)25)6-7-29-14/h2-8,25H,1H3,(H,24,26)(H,27,28). The van der Waals surface area contributed by atoms with E-state index in [9.17, 15) is 28.6 Å². The van der Waals surface area contributed by atoms with E-state index in [4.69, 9.17) is 4.42 Å². The van der Waals surface area contributed by atoms with Crippen LogP contribution in [0.5, 0.6) is 5.75 Å². The number of aromatic hydroxyl groups is 1. The molecule has 6 nitrogen and oxygen atoms in total. The number of hydrogen-bond acceptors (Lipinski definition) is 5. The second-order valence-corrected chi connectivity index (χ2v) is 7.34. The van der Waals surface area contributed by atoms with E-state index in [1.54, 1.807) is 0 Å². The second-order valence-electron chi connectivity index (χ2n) is 6.46. The summed E-state index contributed by atoms with van der Waals surface area (Å²) < 4.78 is 33.5. The molecule has 0 aliphatic carbocycles. The van der Waals surface area contributed by atoms with Crippen LogP contribution in [0.3, 0.4) is 0 Å². The van der Waals surface area contributed by atoms with E-state index in [1.165, 1.54) is 48.9 Å². The van der Waals surface area contributed by atoms with Gasteiger partial charge in [0.25, 0.3) is 5.91 Å². The molecule has 2 heterocycles. The molecule has 0 spiro atoms. The van der Waals surface area contributed by atoms with Crippen LogP contribution >= 0.6 is 11.3 Å². The number of anilines is 1. The Morgan fingerprint density at radius 2 is 1.87 bits per heavy atom. The van der Waals surface area contributed by atoms with Crippen LogP contribution in [0.1, 0.15) is 26.3 Å². The molecule has 0 radical (unpaired) electrons. The number of nitrogens with one attached hydrogen (secondary N) is 1. The van der Waals surface area contributed by atoms with Crippen LogP contribution in [0.4, 0.5) is 14.5 Å². The van der Waals surface area contributed by atoms with Crippen molar-refractivity contribution in [2.45, 2.75) is 6.92 Å². The molecule has 0 aliphatic heterocycles. The maximum atomic E-state index is 14.4. The molecular formula is C21H13F2NO5S. The molecule has 4 rings (SSSR count). The third kappa shape index (κ3) is 3.09. The van der Waals surface area contributed by atoms with Crippen molar-refractivity contribution in [1.29, 1.82) is 0 Å². The first-order valence-corrected chi connectivity index (χ1v) is 9.47. The fourth-order valence-electron chi connectivity index (χ4n) is 3.08. The monoisotopic (exact) mass is 429 g/mol. The van der Waals surface area contributed by atoms with Crippen LogP contribution in [-0.4, -0.2) is 22.1 Å². The first kappa shape index (κ1) is 19.6. The van der Waals surface area contributed by atoms with Crippen LogP contribution in [0, 0.1) is 18.6 Å². The Balaban J connectivity index is 1.75. The Hall–Kier alpha value is -3.72. The van der Waals surface area contributed by atoms with Gasteiger partial charge in [-0.05, 0) is 30.7 Å². The zero-order chi connectivity index (χ0) is 21.6. The first-order valence-electron chi connectivity index (χ1n) is 8.60. The summed E-state index contributed by atoms with van der Waals surface area (Å²) in [6.45, 7) is 1.39. The second kappa shape index (κ2) is 7.27. The third-order valence-corrected chi connectivity index (χ3v) is 5.64. The normalized spacial score (nSPS) is 11.0. The molecule has 30 heavy (non-hydrogen) atoms. The Morgan fingerprint density at radius 3 is 2.60 bits per heavy atom. The Labute approximate surface area is 172 Å². The zero-order valence-corrected chi connectivity index (χ0v) is 16.1. The fourth-order valence-corrected chi connectivity index (χ4v) is 4.10. The lowest BCUT2D eigenvalue weighted by Gasteiger charge is -2.09. The van der Waals surface area contributed by atoms with Gasteiger partial charge in [-0.2, -0.15) is 0 Å². The van der Waals surface area contributed by atoms with Gasteiger partial charge in [-0.1, -0.05) is 12.1 Å². The molecule has 0 unspecified atom stereocenters. The molecule has 0 aliphatic rings. The number of thiophene rings is 1. The molecule has 0 fully saturated rings. The van der Waals surface area contributed by atoms with E-state index in [-0.39, 0.29) is 38.6 Å². The maximum absolute atomic E-state index is 14.4. The van der Waals surface area contributed by atoms with Crippen molar-refractivity contribution in [1.82, 2.24) is 0 Å². The minimum atomic E-state index is -1.42. The molecule has 0 bridgehead atoms. The van der Waals surface area contributed by atoms with E-state index < -0.39 is 23.5 Å². The number of fused-ring (bicyclic) bond motifs is 1. The van der Waals surface area contributed by atoms with Crippen molar-refractivity contribution in [3.8, 4) is 16.2 Å². The van der Waals surface area contributed by atoms with Crippen molar-refractivity contribution in [2.24, 2.45) is 0 Å². The highest BCUT2D eigenvalue weighted by molar-refractivity contribution is 7.14.